The first-order valence-corrected chi connectivity index (χ1v) is 17.5. The maximum Gasteiger partial charge on any atom is 0.472 e. The summed E-state index contributed by atoms with van der Waals surface area (Å²) in [7, 11) is -3.82. The van der Waals surface area contributed by atoms with Crippen molar-refractivity contribution in [3.8, 4) is 0 Å². The minimum absolute atomic E-state index is 0.316. The SMILES string of the molecule is CCCCCCCCOP(=O)(O)OCCCCCCCC.c1ccc(CN(Cc2ccccc2)c2ccccc2)cc1. The quantitative estimate of drug-likeness (QED) is 0.0980. The van der Waals surface area contributed by atoms with Gasteiger partial charge in [0.05, 0.1) is 13.2 Å². The molecule has 0 aliphatic rings. The molecule has 3 aromatic rings. The Kier molecular flexibility index (Phi) is 19.7. The molecule has 0 aliphatic heterocycles. The molecule has 0 aliphatic carbocycles. The van der Waals surface area contributed by atoms with Crippen LogP contribution >= 0.6 is 7.82 Å². The Hall–Kier alpha value is -2.43. The van der Waals surface area contributed by atoms with Crippen molar-refractivity contribution < 1.29 is 18.5 Å². The molecule has 0 atom stereocenters. The minimum atomic E-state index is -3.82. The number of hydrogen-bond donors (Lipinski definition) is 1. The highest BCUT2D eigenvalue weighted by molar-refractivity contribution is 7.47. The van der Waals surface area contributed by atoms with Crippen molar-refractivity contribution in [3.63, 3.8) is 0 Å². The van der Waals surface area contributed by atoms with Gasteiger partial charge in [-0.15, -0.1) is 0 Å². The van der Waals surface area contributed by atoms with Gasteiger partial charge >= 0.3 is 7.82 Å². The van der Waals surface area contributed by atoms with Crippen LogP contribution in [0.3, 0.4) is 0 Å². The zero-order valence-electron chi connectivity index (χ0n) is 26.0. The van der Waals surface area contributed by atoms with Gasteiger partial charge in [-0.3, -0.25) is 9.05 Å². The number of unbranched alkanes of at least 4 members (excludes halogenated alkanes) is 10. The lowest BCUT2D eigenvalue weighted by molar-refractivity contribution is 0.145. The summed E-state index contributed by atoms with van der Waals surface area (Å²) < 4.78 is 21.5. The molecule has 232 valence electrons. The fourth-order valence-corrected chi connectivity index (χ4v) is 5.44. The lowest BCUT2D eigenvalue weighted by atomic mass is 10.1. The van der Waals surface area contributed by atoms with Crippen molar-refractivity contribution in [2.75, 3.05) is 18.1 Å². The first kappa shape index (κ1) is 35.8. The number of phosphoric acid groups is 1. The van der Waals surface area contributed by atoms with Gasteiger partial charge in [-0.25, -0.2) is 4.57 Å². The van der Waals surface area contributed by atoms with E-state index >= 15 is 0 Å². The summed E-state index contributed by atoms with van der Waals surface area (Å²) in [6.45, 7) is 6.84. The average molecular weight is 596 g/mol. The molecular formula is C36H54NO4P. The maximum atomic E-state index is 11.6. The summed E-state index contributed by atoms with van der Waals surface area (Å²) in [5, 5.41) is 0. The Labute approximate surface area is 255 Å². The van der Waals surface area contributed by atoms with E-state index < -0.39 is 7.82 Å². The molecule has 0 saturated heterocycles. The Morgan fingerprint density at radius 2 is 0.905 bits per heavy atom. The molecule has 3 rings (SSSR count). The van der Waals surface area contributed by atoms with E-state index in [9.17, 15) is 9.46 Å². The van der Waals surface area contributed by atoms with Gasteiger partial charge in [-0.1, -0.05) is 157 Å². The van der Waals surface area contributed by atoms with Crippen LogP contribution in [0.15, 0.2) is 91.0 Å². The molecule has 6 heteroatoms. The van der Waals surface area contributed by atoms with Crippen molar-refractivity contribution >= 4 is 13.5 Å². The van der Waals surface area contributed by atoms with Gasteiger partial charge in [0.1, 0.15) is 0 Å². The Morgan fingerprint density at radius 3 is 1.31 bits per heavy atom. The van der Waals surface area contributed by atoms with Crippen LogP contribution in [0.25, 0.3) is 0 Å². The summed E-state index contributed by atoms with van der Waals surface area (Å²) in [5.41, 5.74) is 3.92. The molecule has 0 spiro atoms. The zero-order valence-corrected chi connectivity index (χ0v) is 26.9. The van der Waals surface area contributed by atoms with Crippen LogP contribution in [0.2, 0.25) is 0 Å². The highest BCUT2D eigenvalue weighted by Gasteiger charge is 2.19. The van der Waals surface area contributed by atoms with Crippen LogP contribution in [0.1, 0.15) is 102 Å². The van der Waals surface area contributed by atoms with E-state index in [1.165, 1.54) is 68.2 Å². The van der Waals surface area contributed by atoms with E-state index in [0.29, 0.717) is 13.2 Å². The van der Waals surface area contributed by atoms with E-state index in [-0.39, 0.29) is 0 Å². The summed E-state index contributed by atoms with van der Waals surface area (Å²) in [6.07, 6.45) is 13.6. The van der Waals surface area contributed by atoms with Crippen LogP contribution in [-0.4, -0.2) is 18.1 Å². The maximum absolute atomic E-state index is 11.6. The summed E-state index contributed by atoms with van der Waals surface area (Å²) in [6, 6.07) is 31.8. The minimum Gasteiger partial charge on any atom is -0.363 e. The third kappa shape index (κ3) is 17.5. The van der Waals surface area contributed by atoms with Crippen molar-refractivity contribution in [2.45, 2.75) is 104 Å². The fraction of sp³-hybridized carbons (Fsp3) is 0.500. The molecule has 0 radical (unpaired) electrons. The molecule has 0 amide bonds. The highest BCUT2D eigenvalue weighted by Crippen LogP contribution is 2.43. The second kappa shape index (κ2) is 23.1. The van der Waals surface area contributed by atoms with E-state index in [1.807, 2.05) is 0 Å². The van der Waals surface area contributed by atoms with Crippen LogP contribution < -0.4 is 4.90 Å². The topological polar surface area (TPSA) is 59.0 Å². The number of para-hydroxylation sites is 1. The van der Waals surface area contributed by atoms with Gasteiger partial charge in [-0.2, -0.15) is 0 Å². The smallest absolute Gasteiger partial charge is 0.363 e. The lowest BCUT2D eigenvalue weighted by Crippen LogP contribution is -2.21. The number of nitrogens with zero attached hydrogens (tertiary/aromatic N) is 1. The number of anilines is 1. The Morgan fingerprint density at radius 1 is 0.548 bits per heavy atom. The van der Waals surface area contributed by atoms with Gasteiger partial charge in [0.15, 0.2) is 0 Å². The van der Waals surface area contributed by atoms with Crippen LogP contribution in [-0.2, 0) is 26.7 Å². The first-order chi connectivity index (χ1) is 20.5. The van der Waals surface area contributed by atoms with Crippen molar-refractivity contribution in [2.24, 2.45) is 0 Å². The average Bonchev–Trinajstić information content (AvgIpc) is 3.02. The second-order valence-corrected chi connectivity index (χ2v) is 12.3. The second-order valence-electron chi connectivity index (χ2n) is 10.8. The van der Waals surface area contributed by atoms with E-state index in [2.05, 4.69) is 110 Å². The predicted octanol–water partition coefficient (Wildman–Crippen LogP) is 10.7. The molecule has 0 saturated carbocycles. The molecule has 0 heterocycles. The molecule has 0 aromatic heterocycles. The molecular weight excluding hydrogens is 541 g/mol. The normalized spacial score (nSPS) is 11.1. The van der Waals surface area contributed by atoms with E-state index in [0.717, 1.165) is 38.8 Å². The predicted molar refractivity (Wildman–Crippen MR) is 178 cm³/mol. The molecule has 3 aromatic carbocycles. The van der Waals surface area contributed by atoms with Crippen molar-refractivity contribution in [1.29, 1.82) is 0 Å². The largest absolute Gasteiger partial charge is 0.472 e. The monoisotopic (exact) mass is 595 g/mol. The van der Waals surface area contributed by atoms with Crippen molar-refractivity contribution in [1.82, 2.24) is 0 Å². The van der Waals surface area contributed by atoms with E-state index in [4.69, 9.17) is 9.05 Å². The Bertz CT molecular complexity index is 1000. The first-order valence-electron chi connectivity index (χ1n) is 16.0. The van der Waals surface area contributed by atoms with Gasteiger partial charge < -0.3 is 9.79 Å². The molecule has 0 fully saturated rings. The summed E-state index contributed by atoms with van der Waals surface area (Å²) in [5.74, 6) is 0. The third-order valence-corrected chi connectivity index (χ3v) is 8.08. The highest BCUT2D eigenvalue weighted by atomic mass is 31.2. The molecule has 5 nitrogen and oxygen atoms in total. The standard InChI is InChI=1S/C20H19N.C16H35O4P/c1-4-10-18(11-5-1)16-21(20-14-8-3-9-15-20)17-19-12-6-2-7-13-19;1-3-5-7-9-11-13-15-19-21(17,18)20-16-14-12-10-8-6-4-2/h1-15H,16-17H2;3-16H2,1-2H3,(H,17,18). The van der Waals surface area contributed by atoms with Gasteiger partial charge in [0.25, 0.3) is 0 Å². The summed E-state index contributed by atoms with van der Waals surface area (Å²) in [4.78, 5) is 11.9. The van der Waals surface area contributed by atoms with Gasteiger partial charge in [0.2, 0.25) is 0 Å². The lowest BCUT2D eigenvalue weighted by Gasteiger charge is -2.25. The van der Waals surface area contributed by atoms with E-state index in [1.54, 1.807) is 0 Å². The third-order valence-electron chi connectivity index (χ3n) is 7.06. The van der Waals surface area contributed by atoms with Crippen molar-refractivity contribution in [3.05, 3.63) is 102 Å². The number of benzene rings is 3. The molecule has 1 N–H and O–H groups in total. The Balaban J connectivity index is 0.000000293. The van der Waals surface area contributed by atoms with Gasteiger partial charge in [-0.05, 0) is 36.1 Å². The zero-order chi connectivity index (χ0) is 30.1. The summed E-state index contributed by atoms with van der Waals surface area (Å²) >= 11 is 0. The van der Waals surface area contributed by atoms with Gasteiger partial charge in [0, 0.05) is 18.8 Å². The van der Waals surface area contributed by atoms with Crippen LogP contribution in [0, 0.1) is 0 Å². The van der Waals surface area contributed by atoms with Crippen LogP contribution in [0.5, 0.6) is 0 Å². The number of hydrogen-bond acceptors (Lipinski definition) is 4. The number of phosphoric ester groups is 1. The number of rotatable bonds is 21. The molecule has 0 unspecified atom stereocenters. The molecule has 0 bridgehead atoms. The molecule has 42 heavy (non-hydrogen) atoms. The fourth-order valence-electron chi connectivity index (χ4n) is 4.65. The van der Waals surface area contributed by atoms with Crippen LogP contribution in [0.4, 0.5) is 5.69 Å².